The number of nitrogens with zero attached hydrogens (tertiary/aromatic N) is 1. The van der Waals surface area contributed by atoms with Crippen LogP contribution in [0.4, 0.5) is 5.69 Å². The van der Waals surface area contributed by atoms with Gasteiger partial charge in [-0.2, -0.15) is 0 Å². The summed E-state index contributed by atoms with van der Waals surface area (Å²) in [6.45, 7) is 1.84. The van der Waals surface area contributed by atoms with Crippen molar-refractivity contribution in [1.29, 1.82) is 0 Å². The molecule has 2 aromatic carbocycles. The van der Waals surface area contributed by atoms with Gasteiger partial charge in [-0.1, -0.05) is 0 Å². The molecule has 7 nitrogen and oxygen atoms in total. The van der Waals surface area contributed by atoms with Crippen molar-refractivity contribution in [3.05, 3.63) is 42.3 Å². The summed E-state index contributed by atoms with van der Waals surface area (Å²) < 4.78 is 43.3. The van der Waals surface area contributed by atoms with Gasteiger partial charge in [0.15, 0.2) is 23.0 Å². The molecule has 0 aliphatic carbocycles. The standard InChI is InChI=1S/C15H12N2O5S/c1-9-16-12-7-11(3-5-13(12)22-9)23(18,19)17-10-2-4-14-15(6-10)21-8-20-14/h2-7,17H,8H2,1H3. The van der Waals surface area contributed by atoms with Gasteiger partial charge in [0, 0.05) is 13.0 Å². The van der Waals surface area contributed by atoms with E-state index in [-0.39, 0.29) is 11.7 Å². The summed E-state index contributed by atoms with van der Waals surface area (Å²) in [5, 5.41) is 0. The Bertz CT molecular complexity index is 1010. The maximum Gasteiger partial charge on any atom is 0.261 e. The normalized spacial score (nSPS) is 13.4. The number of anilines is 1. The second-order valence-corrected chi connectivity index (χ2v) is 6.72. The monoisotopic (exact) mass is 332 g/mol. The third kappa shape index (κ3) is 2.46. The van der Waals surface area contributed by atoms with Crippen LogP contribution in [0.3, 0.4) is 0 Å². The molecule has 1 aliphatic rings. The van der Waals surface area contributed by atoms with Crippen LogP contribution >= 0.6 is 0 Å². The van der Waals surface area contributed by atoms with Crippen LogP contribution in [0, 0.1) is 6.92 Å². The number of sulfonamides is 1. The van der Waals surface area contributed by atoms with Gasteiger partial charge in [-0.25, -0.2) is 13.4 Å². The summed E-state index contributed by atoms with van der Waals surface area (Å²) in [6, 6.07) is 9.39. The summed E-state index contributed by atoms with van der Waals surface area (Å²) in [4.78, 5) is 4.25. The lowest BCUT2D eigenvalue weighted by Gasteiger charge is -2.08. The van der Waals surface area contributed by atoms with Crippen LogP contribution in [0.1, 0.15) is 5.89 Å². The van der Waals surface area contributed by atoms with Crippen LogP contribution in [-0.2, 0) is 10.0 Å². The van der Waals surface area contributed by atoms with Crippen molar-refractivity contribution in [2.24, 2.45) is 0 Å². The molecule has 1 aromatic heterocycles. The third-order valence-electron chi connectivity index (χ3n) is 3.40. The zero-order chi connectivity index (χ0) is 16.0. The molecule has 2 heterocycles. The first kappa shape index (κ1) is 13.9. The summed E-state index contributed by atoms with van der Waals surface area (Å²) in [5.74, 6) is 1.58. The topological polar surface area (TPSA) is 90.7 Å². The molecule has 1 aliphatic heterocycles. The predicted molar refractivity (Wildman–Crippen MR) is 82.1 cm³/mol. The zero-order valence-corrected chi connectivity index (χ0v) is 12.9. The number of hydrogen-bond acceptors (Lipinski definition) is 6. The van der Waals surface area contributed by atoms with Gasteiger partial charge in [-0.15, -0.1) is 0 Å². The lowest BCUT2D eigenvalue weighted by Crippen LogP contribution is -2.12. The summed E-state index contributed by atoms with van der Waals surface area (Å²) >= 11 is 0. The fourth-order valence-electron chi connectivity index (χ4n) is 2.36. The SMILES string of the molecule is Cc1nc2cc(S(=O)(=O)Nc3ccc4c(c3)OCO4)ccc2o1. The van der Waals surface area contributed by atoms with E-state index in [0.717, 1.165) is 0 Å². The van der Waals surface area contributed by atoms with Crippen molar-refractivity contribution < 1.29 is 22.3 Å². The number of ether oxygens (including phenoxy) is 2. The number of aromatic nitrogens is 1. The van der Waals surface area contributed by atoms with Crippen LogP contribution < -0.4 is 14.2 Å². The zero-order valence-electron chi connectivity index (χ0n) is 12.1. The van der Waals surface area contributed by atoms with E-state index in [1.54, 1.807) is 31.2 Å². The number of oxazole rings is 1. The Labute approximate surface area is 131 Å². The molecule has 0 saturated carbocycles. The first-order valence-corrected chi connectivity index (χ1v) is 8.29. The molecule has 0 radical (unpaired) electrons. The Morgan fingerprint density at radius 3 is 2.78 bits per heavy atom. The van der Waals surface area contributed by atoms with Crippen LogP contribution in [0.15, 0.2) is 45.7 Å². The van der Waals surface area contributed by atoms with Crippen molar-refractivity contribution in [2.75, 3.05) is 11.5 Å². The minimum atomic E-state index is -3.74. The molecule has 4 rings (SSSR count). The predicted octanol–water partition coefficient (Wildman–Crippen LogP) is 2.67. The molecule has 3 aromatic rings. The molecular formula is C15H12N2O5S. The minimum Gasteiger partial charge on any atom is -0.454 e. The highest BCUT2D eigenvalue weighted by Gasteiger charge is 2.19. The molecule has 23 heavy (non-hydrogen) atoms. The summed E-state index contributed by atoms with van der Waals surface area (Å²) in [5.41, 5.74) is 1.44. The van der Waals surface area contributed by atoms with Crippen LogP contribution in [0.5, 0.6) is 11.5 Å². The lowest BCUT2D eigenvalue weighted by molar-refractivity contribution is 0.174. The van der Waals surface area contributed by atoms with E-state index in [1.807, 2.05) is 0 Å². The molecule has 0 unspecified atom stereocenters. The van der Waals surface area contributed by atoms with Gasteiger partial charge in [0.1, 0.15) is 5.52 Å². The second-order valence-electron chi connectivity index (χ2n) is 5.04. The molecule has 118 valence electrons. The third-order valence-corrected chi connectivity index (χ3v) is 4.78. The van der Waals surface area contributed by atoms with Gasteiger partial charge in [-0.3, -0.25) is 4.72 Å². The van der Waals surface area contributed by atoms with Crippen molar-refractivity contribution in [1.82, 2.24) is 4.98 Å². The first-order chi connectivity index (χ1) is 11.0. The molecular weight excluding hydrogens is 320 g/mol. The molecule has 0 fully saturated rings. The molecule has 8 heteroatoms. The Kier molecular flexibility index (Phi) is 2.95. The maximum absolute atomic E-state index is 12.5. The van der Waals surface area contributed by atoms with Crippen molar-refractivity contribution >= 4 is 26.8 Å². The minimum absolute atomic E-state index is 0.107. The van der Waals surface area contributed by atoms with E-state index in [9.17, 15) is 8.42 Å². The lowest BCUT2D eigenvalue weighted by atomic mass is 10.3. The number of hydrogen-bond donors (Lipinski definition) is 1. The molecule has 0 spiro atoms. The first-order valence-electron chi connectivity index (χ1n) is 6.81. The summed E-state index contributed by atoms with van der Waals surface area (Å²) in [7, 11) is -3.74. The van der Waals surface area contributed by atoms with Gasteiger partial charge >= 0.3 is 0 Å². The van der Waals surface area contributed by atoms with Crippen LogP contribution in [-0.4, -0.2) is 20.2 Å². The molecule has 0 saturated heterocycles. The van der Waals surface area contributed by atoms with E-state index >= 15 is 0 Å². The van der Waals surface area contributed by atoms with Gasteiger partial charge < -0.3 is 13.9 Å². The van der Waals surface area contributed by atoms with Gasteiger partial charge in [0.05, 0.1) is 10.6 Å². The van der Waals surface area contributed by atoms with Gasteiger partial charge in [0.25, 0.3) is 10.0 Å². The van der Waals surface area contributed by atoms with Crippen LogP contribution in [0.2, 0.25) is 0 Å². The highest BCUT2D eigenvalue weighted by molar-refractivity contribution is 7.92. The van der Waals surface area contributed by atoms with E-state index in [1.165, 1.54) is 12.1 Å². The Hall–Kier alpha value is -2.74. The van der Waals surface area contributed by atoms with Crippen LogP contribution in [0.25, 0.3) is 11.1 Å². The second kappa shape index (κ2) is 4.88. The smallest absolute Gasteiger partial charge is 0.261 e. The number of fused-ring (bicyclic) bond motifs is 2. The fourth-order valence-corrected chi connectivity index (χ4v) is 3.43. The van der Waals surface area contributed by atoms with Gasteiger partial charge in [0.2, 0.25) is 6.79 Å². The quantitative estimate of drug-likeness (QED) is 0.793. The Morgan fingerprint density at radius 1 is 1.09 bits per heavy atom. The molecule has 0 bridgehead atoms. The van der Waals surface area contributed by atoms with E-state index in [2.05, 4.69) is 9.71 Å². The average Bonchev–Trinajstić information content (AvgIpc) is 3.10. The Morgan fingerprint density at radius 2 is 1.91 bits per heavy atom. The number of nitrogens with one attached hydrogen (secondary N) is 1. The number of rotatable bonds is 3. The summed E-state index contributed by atoms with van der Waals surface area (Å²) in [6.07, 6.45) is 0. The number of aryl methyl sites for hydroxylation is 1. The van der Waals surface area contributed by atoms with Crippen molar-refractivity contribution in [3.8, 4) is 11.5 Å². The van der Waals surface area contributed by atoms with Gasteiger partial charge in [-0.05, 0) is 30.3 Å². The molecule has 0 atom stereocenters. The Balaban J connectivity index is 1.68. The van der Waals surface area contributed by atoms with Crippen molar-refractivity contribution in [2.45, 2.75) is 11.8 Å². The molecule has 1 N–H and O–H groups in total. The molecule has 0 amide bonds. The largest absolute Gasteiger partial charge is 0.454 e. The van der Waals surface area contributed by atoms with E-state index < -0.39 is 10.0 Å². The highest BCUT2D eigenvalue weighted by atomic mass is 32.2. The number of benzene rings is 2. The average molecular weight is 332 g/mol. The highest BCUT2D eigenvalue weighted by Crippen LogP contribution is 2.35. The maximum atomic E-state index is 12.5. The fraction of sp³-hybridized carbons (Fsp3) is 0.133. The van der Waals surface area contributed by atoms with E-state index in [4.69, 9.17) is 13.9 Å². The van der Waals surface area contributed by atoms with E-state index in [0.29, 0.717) is 34.2 Å². The van der Waals surface area contributed by atoms with Crippen molar-refractivity contribution in [3.63, 3.8) is 0 Å².